The fourth-order valence-electron chi connectivity index (χ4n) is 2.73. The molecule has 0 amide bonds. The van der Waals surface area contributed by atoms with E-state index in [1.54, 1.807) is 20.4 Å². The fraction of sp³-hybridized carbons (Fsp3) is 0.450. The Hall–Kier alpha value is -2.31. The first-order valence-corrected chi connectivity index (χ1v) is 8.59. The first-order valence-electron chi connectivity index (χ1n) is 8.59. The summed E-state index contributed by atoms with van der Waals surface area (Å²) < 4.78 is 16.5. The van der Waals surface area contributed by atoms with Crippen molar-refractivity contribution in [3.05, 3.63) is 47.3 Å². The Labute approximate surface area is 155 Å². The SMILES string of the molecule is COCOc1c(C(C)(C)C)cc(OC)c(CNCc2cccnc2)c1N. The molecule has 0 spiro atoms. The molecule has 3 N–H and O–H groups in total. The van der Waals surface area contributed by atoms with Gasteiger partial charge in [-0.1, -0.05) is 26.8 Å². The molecule has 0 aliphatic rings. The van der Waals surface area contributed by atoms with Gasteiger partial charge >= 0.3 is 0 Å². The second kappa shape index (κ2) is 8.87. The molecule has 0 radical (unpaired) electrons. The molecule has 142 valence electrons. The highest BCUT2D eigenvalue weighted by molar-refractivity contribution is 5.68. The lowest BCUT2D eigenvalue weighted by molar-refractivity contribution is 0.0502. The monoisotopic (exact) mass is 359 g/mol. The molecule has 0 aliphatic carbocycles. The van der Waals surface area contributed by atoms with E-state index in [2.05, 4.69) is 31.1 Å². The van der Waals surface area contributed by atoms with Gasteiger partial charge in [0.15, 0.2) is 6.79 Å². The lowest BCUT2D eigenvalue weighted by Gasteiger charge is -2.26. The van der Waals surface area contributed by atoms with E-state index >= 15 is 0 Å². The Morgan fingerprint density at radius 3 is 2.54 bits per heavy atom. The minimum Gasteiger partial charge on any atom is -0.496 e. The van der Waals surface area contributed by atoms with Crippen LogP contribution in [0.15, 0.2) is 30.6 Å². The van der Waals surface area contributed by atoms with Crippen molar-refractivity contribution in [1.29, 1.82) is 0 Å². The van der Waals surface area contributed by atoms with E-state index in [-0.39, 0.29) is 12.2 Å². The van der Waals surface area contributed by atoms with E-state index in [1.165, 1.54) is 0 Å². The number of nitrogens with two attached hydrogens (primary N) is 1. The number of rotatable bonds is 8. The van der Waals surface area contributed by atoms with Gasteiger partial charge in [-0.2, -0.15) is 0 Å². The van der Waals surface area contributed by atoms with Crippen molar-refractivity contribution in [3.8, 4) is 11.5 Å². The quantitative estimate of drug-likeness (QED) is 0.556. The zero-order valence-electron chi connectivity index (χ0n) is 16.3. The summed E-state index contributed by atoms with van der Waals surface area (Å²) in [6.45, 7) is 7.72. The second-order valence-corrected chi connectivity index (χ2v) is 7.11. The van der Waals surface area contributed by atoms with Gasteiger partial charge in [0.2, 0.25) is 0 Å². The lowest BCUT2D eigenvalue weighted by Crippen LogP contribution is -2.19. The van der Waals surface area contributed by atoms with Crippen LogP contribution in [0.4, 0.5) is 5.69 Å². The van der Waals surface area contributed by atoms with Crippen molar-refractivity contribution in [2.24, 2.45) is 0 Å². The maximum atomic E-state index is 6.46. The Kier molecular flexibility index (Phi) is 6.83. The van der Waals surface area contributed by atoms with Gasteiger partial charge in [0.1, 0.15) is 11.5 Å². The Bertz CT molecular complexity index is 712. The zero-order valence-corrected chi connectivity index (χ0v) is 16.3. The standard InChI is InChI=1S/C20H29N3O3/c1-20(2,3)16-9-17(25-5)15(18(21)19(16)26-13-24-4)12-23-11-14-7-6-8-22-10-14/h6-10,23H,11-13,21H2,1-5H3. The first kappa shape index (κ1) is 20.0. The third-order valence-electron chi connectivity index (χ3n) is 4.09. The van der Waals surface area contributed by atoms with Gasteiger partial charge in [-0.15, -0.1) is 0 Å². The van der Waals surface area contributed by atoms with Crippen molar-refractivity contribution in [1.82, 2.24) is 10.3 Å². The predicted molar refractivity (Wildman–Crippen MR) is 103 cm³/mol. The predicted octanol–water partition coefficient (Wildman–Crippen LogP) is 3.24. The van der Waals surface area contributed by atoms with Gasteiger partial charge in [-0.05, 0) is 23.1 Å². The van der Waals surface area contributed by atoms with E-state index in [0.29, 0.717) is 24.5 Å². The van der Waals surface area contributed by atoms with Crippen molar-refractivity contribution < 1.29 is 14.2 Å². The molecule has 0 saturated carbocycles. The normalized spacial score (nSPS) is 11.4. The van der Waals surface area contributed by atoms with Crippen LogP contribution in [0.2, 0.25) is 0 Å². The molecule has 26 heavy (non-hydrogen) atoms. The summed E-state index contributed by atoms with van der Waals surface area (Å²) in [5.74, 6) is 1.40. The Morgan fingerprint density at radius 2 is 1.96 bits per heavy atom. The number of nitrogen functional groups attached to an aromatic ring is 1. The summed E-state index contributed by atoms with van der Waals surface area (Å²) in [6, 6.07) is 5.94. The first-order chi connectivity index (χ1) is 12.4. The molecular formula is C20H29N3O3. The number of benzene rings is 1. The number of nitrogens with zero attached hydrogens (tertiary/aromatic N) is 1. The zero-order chi connectivity index (χ0) is 19.2. The molecule has 6 heteroatoms. The van der Waals surface area contributed by atoms with Crippen molar-refractivity contribution in [3.63, 3.8) is 0 Å². The summed E-state index contributed by atoms with van der Waals surface area (Å²) in [4.78, 5) is 4.12. The van der Waals surface area contributed by atoms with Crippen LogP contribution >= 0.6 is 0 Å². The largest absolute Gasteiger partial charge is 0.496 e. The summed E-state index contributed by atoms with van der Waals surface area (Å²) in [6.07, 6.45) is 3.60. The van der Waals surface area contributed by atoms with E-state index < -0.39 is 0 Å². The van der Waals surface area contributed by atoms with Gasteiger partial charge in [0, 0.05) is 43.7 Å². The second-order valence-electron chi connectivity index (χ2n) is 7.11. The molecular weight excluding hydrogens is 330 g/mol. The van der Waals surface area contributed by atoms with Gasteiger partial charge in [0.25, 0.3) is 0 Å². The van der Waals surface area contributed by atoms with E-state index in [0.717, 1.165) is 22.4 Å². The molecule has 0 fully saturated rings. The van der Waals surface area contributed by atoms with Gasteiger partial charge in [0.05, 0.1) is 12.8 Å². The molecule has 1 heterocycles. The topological polar surface area (TPSA) is 78.6 Å². The highest BCUT2D eigenvalue weighted by Gasteiger charge is 2.25. The van der Waals surface area contributed by atoms with E-state index in [9.17, 15) is 0 Å². The fourth-order valence-corrected chi connectivity index (χ4v) is 2.73. The van der Waals surface area contributed by atoms with Crippen LogP contribution in [-0.4, -0.2) is 26.0 Å². The van der Waals surface area contributed by atoms with Crippen LogP contribution < -0.4 is 20.5 Å². The summed E-state index contributed by atoms with van der Waals surface area (Å²) in [5.41, 5.74) is 9.85. The highest BCUT2D eigenvalue weighted by Crippen LogP contribution is 2.42. The van der Waals surface area contributed by atoms with Crippen LogP contribution in [0.1, 0.15) is 37.5 Å². The Balaban J connectivity index is 2.31. The average molecular weight is 359 g/mol. The summed E-state index contributed by atoms with van der Waals surface area (Å²) >= 11 is 0. The molecule has 1 aromatic carbocycles. The van der Waals surface area contributed by atoms with Crippen LogP contribution in [-0.2, 0) is 23.2 Å². The smallest absolute Gasteiger partial charge is 0.188 e. The van der Waals surface area contributed by atoms with Crippen LogP contribution in [0.5, 0.6) is 11.5 Å². The number of hydrogen-bond donors (Lipinski definition) is 2. The summed E-state index contributed by atoms with van der Waals surface area (Å²) in [7, 11) is 3.24. The van der Waals surface area contributed by atoms with Crippen LogP contribution in [0, 0.1) is 0 Å². The van der Waals surface area contributed by atoms with Gasteiger partial charge < -0.3 is 25.3 Å². The van der Waals surface area contributed by atoms with Gasteiger partial charge in [-0.3, -0.25) is 4.98 Å². The van der Waals surface area contributed by atoms with Gasteiger partial charge in [-0.25, -0.2) is 0 Å². The van der Waals surface area contributed by atoms with Crippen molar-refractivity contribution >= 4 is 5.69 Å². The van der Waals surface area contributed by atoms with Crippen LogP contribution in [0.3, 0.4) is 0 Å². The third-order valence-corrected chi connectivity index (χ3v) is 4.09. The number of aromatic nitrogens is 1. The molecule has 0 atom stereocenters. The Morgan fingerprint density at radius 1 is 1.19 bits per heavy atom. The number of hydrogen-bond acceptors (Lipinski definition) is 6. The third kappa shape index (κ3) is 4.86. The average Bonchev–Trinajstić information content (AvgIpc) is 2.61. The molecule has 2 aromatic rings. The number of anilines is 1. The number of pyridine rings is 1. The van der Waals surface area contributed by atoms with E-state index in [4.69, 9.17) is 19.9 Å². The molecule has 0 unspecified atom stereocenters. The number of methoxy groups -OCH3 is 2. The lowest BCUT2D eigenvalue weighted by atomic mass is 9.84. The molecule has 0 bridgehead atoms. The molecule has 6 nitrogen and oxygen atoms in total. The number of nitrogens with one attached hydrogen (secondary N) is 1. The number of ether oxygens (including phenoxy) is 3. The molecule has 0 saturated heterocycles. The molecule has 1 aromatic heterocycles. The van der Waals surface area contributed by atoms with Crippen molar-refractivity contribution in [2.45, 2.75) is 39.3 Å². The minimum atomic E-state index is -0.147. The van der Waals surface area contributed by atoms with Crippen molar-refractivity contribution in [2.75, 3.05) is 26.7 Å². The van der Waals surface area contributed by atoms with Crippen LogP contribution in [0.25, 0.3) is 0 Å². The maximum Gasteiger partial charge on any atom is 0.188 e. The maximum absolute atomic E-state index is 6.46. The summed E-state index contributed by atoms with van der Waals surface area (Å²) in [5, 5.41) is 3.39. The molecule has 0 aliphatic heterocycles. The van der Waals surface area contributed by atoms with E-state index in [1.807, 2.05) is 24.4 Å². The minimum absolute atomic E-state index is 0.141. The highest BCUT2D eigenvalue weighted by atomic mass is 16.7. The molecule has 2 rings (SSSR count).